The van der Waals surface area contributed by atoms with Crippen molar-refractivity contribution in [3.05, 3.63) is 65.5 Å². The van der Waals surface area contributed by atoms with Crippen LogP contribution in [0.2, 0.25) is 0 Å². The van der Waals surface area contributed by atoms with Gasteiger partial charge in [-0.1, -0.05) is 45.0 Å². The molecule has 2 heteroatoms. The summed E-state index contributed by atoms with van der Waals surface area (Å²) in [7, 11) is 2.06. The smallest absolute Gasteiger partial charge is 0.202 e. The van der Waals surface area contributed by atoms with Crippen molar-refractivity contribution in [2.24, 2.45) is 7.05 Å². The molecule has 0 N–H and O–H groups in total. The molecule has 2 rings (SSSR count). The molecule has 0 bridgehead atoms. The molecule has 0 aliphatic carbocycles. The number of hydrogen-bond donors (Lipinski definition) is 0. The van der Waals surface area contributed by atoms with E-state index in [1.165, 1.54) is 16.8 Å². The number of rotatable bonds is 2. The van der Waals surface area contributed by atoms with Crippen LogP contribution in [0, 0.1) is 0 Å². The van der Waals surface area contributed by atoms with E-state index in [1.54, 1.807) is 0 Å². The Morgan fingerprint density at radius 1 is 0.900 bits per heavy atom. The lowest BCUT2D eigenvalue weighted by atomic mass is 9.87. The molecule has 20 heavy (non-hydrogen) atoms. The molecule has 2 aromatic rings. The summed E-state index contributed by atoms with van der Waals surface area (Å²) < 4.78 is 2.11. The van der Waals surface area contributed by atoms with Gasteiger partial charge in [-0.05, 0) is 28.7 Å². The molecule has 1 aromatic heterocycles. The number of aromatic nitrogens is 1. The maximum absolute atomic E-state index is 2.24. The van der Waals surface area contributed by atoms with E-state index >= 15 is 0 Å². The summed E-state index contributed by atoms with van der Waals surface area (Å²) in [6.07, 6.45) is 6.36. The van der Waals surface area contributed by atoms with Crippen LogP contribution in [0.3, 0.4) is 0 Å². The lowest BCUT2D eigenvalue weighted by Gasteiger charge is -2.18. The van der Waals surface area contributed by atoms with Gasteiger partial charge in [0.25, 0.3) is 0 Å². The first-order valence-electron chi connectivity index (χ1n) is 6.70. The maximum atomic E-state index is 2.24. The predicted octanol–water partition coefficient (Wildman–Crippen LogP) is 4.60. The Labute approximate surface area is 139 Å². The zero-order valence-corrected chi connectivity index (χ0v) is 15.0. The highest BCUT2D eigenvalue weighted by Gasteiger charge is 2.12. The summed E-state index contributed by atoms with van der Waals surface area (Å²) in [5, 5.41) is 0. The highest BCUT2D eigenvalue weighted by atomic mass is 127. The van der Waals surface area contributed by atoms with E-state index in [-0.39, 0.29) is 29.4 Å². The van der Waals surface area contributed by atoms with Crippen molar-refractivity contribution in [1.82, 2.24) is 0 Å². The quantitative estimate of drug-likeness (QED) is 0.530. The average Bonchev–Trinajstić information content (AvgIpc) is 2.37. The van der Waals surface area contributed by atoms with Gasteiger partial charge in [-0.25, -0.2) is 4.57 Å². The van der Waals surface area contributed by atoms with Gasteiger partial charge in [-0.15, -0.1) is 24.0 Å². The minimum atomic E-state index is 0. The van der Waals surface area contributed by atoms with Gasteiger partial charge in [0.1, 0.15) is 7.05 Å². The highest BCUT2D eigenvalue weighted by molar-refractivity contribution is 14.0. The molecule has 1 nitrogen and oxygen atoms in total. The highest BCUT2D eigenvalue weighted by Crippen LogP contribution is 2.22. The van der Waals surface area contributed by atoms with Crippen LogP contribution in [0.1, 0.15) is 37.6 Å². The summed E-state index contributed by atoms with van der Waals surface area (Å²) in [6, 6.07) is 15.0. The number of aryl methyl sites for hydroxylation is 1. The second-order valence-corrected chi connectivity index (χ2v) is 5.94. The molecule has 0 spiro atoms. The van der Waals surface area contributed by atoms with Crippen molar-refractivity contribution in [3.8, 4) is 0 Å². The second kappa shape index (κ2) is 7.02. The Bertz CT molecular complexity index is 577. The molecule has 1 aromatic carbocycles. The van der Waals surface area contributed by atoms with Crippen molar-refractivity contribution in [1.29, 1.82) is 0 Å². The Morgan fingerprint density at radius 3 is 2.10 bits per heavy atom. The van der Waals surface area contributed by atoms with E-state index in [0.717, 1.165) is 0 Å². The summed E-state index contributed by atoms with van der Waals surface area (Å²) in [6.45, 7) is 6.71. The number of nitrogens with zero attached hydrogens (tertiary/aromatic N) is 1. The van der Waals surface area contributed by atoms with Crippen molar-refractivity contribution in [2.45, 2.75) is 26.2 Å². The van der Waals surface area contributed by atoms with Crippen LogP contribution in [-0.2, 0) is 12.5 Å². The first-order valence-corrected chi connectivity index (χ1v) is 6.70. The molecule has 106 valence electrons. The maximum Gasteiger partial charge on any atom is 0.204 e. The molecule has 0 aliphatic heterocycles. The minimum Gasteiger partial charge on any atom is -0.202 e. The number of hydrogen-bond acceptors (Lipinski definition) is 0. The molecule has 0 fully saturated rings. The van der Waals surface area contributed by atoms with Gasteiger partial charge < -0.3 is 0 Å². The zero-order valence-electron chi connectivity index (χ0n) is 12.6. The predicted molar refractivity (Wildman–Crippen MR) is 97.1 cm³/mol. The summed E-state index contributed by atoms with van der Waals surface area (Å²) in [4.78, 5) is 0. The Balaban J connectivity index is 0.00000200. The van der Waals surface area contributed by atoms with Gasteiger partial charge in [0.15, 0.2) is 6.20 Å². The van der Waals surface area contributed by atoms with Gasteiger partial charge in [0.05, 0.1) is 0 Å². The molecule has 0 unspecified atom stereocenters. The largest absolute Gasteiger partial charge is 0.204 e. The Kier molecular flexibility index (Phi) is 5.93. The zero-order chi connectivity index (χ0) is 13.9. The number of pyridine rings is 1. The topological polar surface area (TPSA) is 3.88 Å². The second-order valence-electron chi connectivity index (χ2n) is 5.94. The van der Waals surface area contributed by atoms with Crippen molar-refractivity contribution >= 4 is 36.1 Å². The SMILES string of the molecule is C[n+]1ccccc1/C=C/c1ccc(C(C)(C)C)cc1.I. The first-order chi connectivity index (χ1) is 8.97. The normalized spacial score (nSPS) is 11.4. The summed E-state index contributed by atoms with van der Waals surface area (Å²) in [5.74, 6) is 0. The standard InChI is InChI=1S/C18H22N.HI/c1-18(2,3)16-11-8-15(9-12-16)10-13-17-7-5-6-14-19(17)4;/h5-14H,1-4H3;1H/q+1;/b13-10+;. The third-order valence-electron chi connectivity index (χ3n) is 3.32. The van der Waals surface area contributed by atoms with Crippen LogP contribution in [0.15, 0.2) is 48.7 Å². The number of halogens is 1. The van der Waals surface area contributed by atoms with E-state index in [4.69, 9.17) is 0 Å². The third-order valence-corrected chi connectivity index (χ3v) is 3.32. The Hall–Kier alpha value is -1.16. The molecular formula is C18H23IN+. The molecule has 0 aliphatic rings. The van der Waals surface area contributed by atoms with Gasteiger partial charge in [-0.3, -0.25) is 0 Å². The average molecular weight is 380 g/mol. The molecule has 0 saturated heterocycles. The van der Waals surface area contributed by atoms with Gasteiger partial charge in [-0.2, -0.15) is 0 Å². The van der Waals surface area contributed by atoms with Gasteiger partial charge in [0.2, 0.25) is 5.69 Å². The molecule has 0 amide bonds. The fourth-order valence-electron chi connectivity index (χ4n) is 1.99. The van der Waals surface area contributed by atoms with Crippen LogP contribution in [0.25, 0.3) is 12.2 Å². The van der Waals surface area contributed by atoms with E-state index in [2.05, 4.69) is 87.1 Å². The monoisotopic (exact) mass is 380 g/mol. The van der Waals surface area contributed by atoms with Crippen LogP contribution < -0.4 is 4.57 Å². The molecule has 0 saturated carbocycles. The molecule has 0 radical (unpaired) electrons. The van der Waals surface area contributed by atoms with E-state index in [0.29, 0.717) is 0 Å². The van der Waals surface area contributed by atoms with Crippen molar-refractivity contribution in [3.63, 3.8) is 0 Å². The van der Waals surface area contributed by atoms with Crippen LogP contribution >= 0.6 is 24.0 Å². The first kappa shape index (κ1) is 16.9. The van der Waals surface area contributed by atoms with Crippen molar-refractivity contribution in [2.75, 3.05) is 0 Å². The van der Waals surface area contributed by atoms with E-state index in [1.807, 2.05) is 6.07 Å². The minimum absolute atomic E-state index is 0. The van der Waals surface area contributed by atoms with E-state index in [9.17, 15) is 0 Å². The van der Waals surface area contributed by atoms with Crippen LogP contribution in [-0.4, -0.2) is 0 Å². The van der Waals surface area contributed by atoms with Crippen LogP contribution in [0.5, 0.6) is 0 Å². The van der Waals surface area contributed by atoms with Crippen molar-refractivity contribution < 1.29 is 4.57 Å². The Morgan fingerprint density at radius 2 is 1.55 bits per heavy atom. The lowest BCUT2D eigenvalue weighted by molar-refractivity contribution is -0.673. The van der Waals surface area contributed by atoms with Gasteiger partial charge >= 0.3 is 0 Å². The number of benzene rings is 1. The fourth-order valence-corrected chi connectivity index (χ4v) is 1.99. The van der Waals surface area contributed by atoms with Gasteiger partial charge in [0, 0.05) is 18.2 Å². The van der Waals surface area contributed by atoms with Crippen LogP contribution in [0.4, 0.5) is 0 Å². The fraction of sp³-hybridized carbons (Fsp3) is 0.278. The lowest BCUT2D eigenvalue weighted by Crippen LogP contribution is -2.30. The van der Waals surface area contributed by atoms with E-state index < -0.39 is 0 Å². The third kappa shape index (κ3) is 4.44. The molecular weight excluding hydrogens is 357 g/mol. The molecule has 0 atom stereocenters. The molecule has 1 heterocycles. The summed E-state index contributed by atoms with van der Waals surface area (Å²) >= 11 is 0. The summed E-state index contributed by atoms with van der Waals surface area (Å²) in [5.41, 5.74) is 4.02.